The number of nitrogens with zero attached hydrogens (tertiary/aromatic N) is 1. The van der Waals surface area contributed by atoms with E-state index in [1.165, 1.54) is 5.69 Å². The fourth-order valence-electron chi connectivity index (χ4n) is 2.46. The van der Waals surface area contributed by atoms with Crippen LogP contribution in [-0.4, -0.2) is 30.8 Å². The van der Waals surface area contributed by atoms with Crippen LogP contribution in [0.3, 0.4) is 0 Å². The van der Waals surface area contributed by atoms with Gasteiger partial charge in [-0.05, 0) is 25.1 Å². The van der Waals surface area contributed by atoms with Gasteiger partial charge in [0.15, 0.2) is 0 Å². The van der Waals surface area contributed by atoms with E-state index in [1.54, 1.807) is 0 Å². The average molecular weight is 190 g/mol. The third-order valence-electron chi connectivity index (χ3n) is 3.41. The van der Waals surface area contributed by atoms with Crippen molar-refractivity contribution < 1.29 is 4.74 Å². The lowest BCUT2D eigenvalue weighted by Gasteiger charge is -2.51. The lowest BCUT2D eigenvalue weighted by molar-refractivity contribution is -0.152. The molecule has 1 aromatic heterocycles. The van der Waals surface area contributed by atoms with Crippen LogP contribution < -0.4 is 5.32 Å². The van der Waals surface area contributed by atoms with E-state index in [1.807, 2.05) is 12.3 Å². The molecule has 0 amide bonds. The van der Waals surface area contributed by atoms with Crippen molar-refractivity contribution in [2.24, 2.45) is 0 Å². The molecule has 74 valence electrons. The quantitative estimate of drug-likeness (QED) is 0.708. The molecule has 3 heteroatoms. The number of hydrogen-bond donors (Lipinski definition) is 1. The molecule has 0 aromatic carbocycles. The van der Waals surface area contributed by atoms with Crippen LogP contribution in [0.2, 0.25) is 0 Å². The van der Waals surface area contributed by atoms with Crippen LogP contribution in [0.15, 0.2) is 24.4 Å². The molecule has 0 spiro atoms. The Bertz CT molecular complexity index is 327. The maximum atomic E-state index is 5.59. The zero-order valence-electron chi connectivity index (χ0n) is 8.07. The van der Waals surface area contributed by atoms with Gasteiger partial charge in [-0.1, -0.05) is 6.07 Å². The first kappa shape index (κ1) is 8.38. The maximum Gasteiger partial charge on any atom is 0.0834 e. The molecule has 2 aliphatic heterocycles. The molecule has 14 heavy (non-hydrogen) atoms. The number of rotatable bonds is 1. The molecule has 0 unspecified atom stereocenters. The van der Waals surface area contributed by atoms with Crippen LogP contribution in [0.5, 0.6) is 0 Å². The first-order valence-corrected chi connectivity index (χ1v) is 5.16. The lowest BCUT2D eigenvalue weighted by atomic mass is 9.70. The van der Waals surface area contributed by atoms with E-state index >= 15 is 0 Å². The van der Waals surface area contributed by atoms with Crippen molar-refractivity contribution in [3.05, 3.63) is 30.1 Å². The van der Waals surface area contributed by atoms with Crippen LogP contribution in [0.25, 0.3) is 0 Å². The first-order chi connectivity index (χ1) is 6.92. The van der Waals surface area contributed by atoms with Crippen LogP contribution in [0.1, 0.15) is 12.1 Å². The molecule has 3 rings (SSSR count). The van der Waals surface area contributed by atoms with Gasteiger partial charge in [-0.2, -0.15) is 0 Å². The Morgan fingerprint density at radius 1 is 1.50 bits per heavy atom. The number of ether oxygens (including phenoxy) is 1. The number of fused-ring (bicyclic) bond motifs is 1. The Hall–Kier alpha value is -0.930. The Kier molecular flexibility index (Phi) is 1.82. The predicted molar refractivity (Wildman–Crippen MR) is 53.1 cm³/mol. The van der Waals surface area contributed by atoms with E-state index in [2.05, 4.69) is 22.4 Å². The molecule has 0 aliphatic carbocycles. The van der Waals surface area contributed by atoms with E-state index < -0.39 is 0 Å². The van der Waals surface area contributed by atoms with Gasteiger partial charge in [0.2, 0.25) is 0 Å². The number of aromatic nitrogens is 1. The molecule has 3 nitrogen and oxygen atoms in total. The first-order valence-electron chi connectivity index (χ1n) is 5.16. The monoisotopic (exact) mass is 190 g/mol. The van der Waals surface area contributed by atoms with Gasteiger partial charge < -0.3 is 10.1 Å². The molecule has 1 N–H and O–H groups in total. The van der Waals surface area contributed by atoms with E-state index in [9.17, 15) is 0 Å². The van der Waals surface area contributed by atoms with Crippen LogP contribution in [0.4, 0.5) is 0 Å². The molecular weight excluding hydrogens is 176 g/mol. The van der Waals surface area contributed by atoms with E-state index in [0.29, 0.717) is 6.10 Å². The van der Waals surface area contributed by atoms with E-state index in [0.717, 1.165) is 26.1 Å². The normalized spacial score (nSPS) is 35.9. The predicted octanol–water partition coefficient (Wildman–Crippen LogP) is 0.711. The lowest BCUT2D eigenvalue weighted by Crippen LogP contribution is -2.63. The van der Waals surface area contributed by atoms with E-state index in [4.69, 9.17) is 4.74 Å². The summed E-state index contributed by atoms with van der Waals surface area (Å²) in [5, 5.41) is 3.36. The third-order valence-corrected chi connectivity index (χ3v) is 3.41. The highest BCUT2D eigenvalue weighted by Gasteiger charge is 2.51. The second-order valence-electron chi connectivity index (χ2n) is 4.12. The van der Waals surface area contributed by atoms with Gasteiger partial charge >= 0.3 is 0 Å². The van der Waals surface area contributed by atoms with Gasteiger partial charge in [0.25, 0.3) is 0 Å². The molecule has 0 bridgehead atoms. The van der Waals surface area contributed by atoms with Crippen molar-refractivity contribution in [2.45, 2.75) is 17.9 Å². The van der Waals surface area contributed by atoms with Gasteiger partial charge in [0.05, 0.1) is 23.8 Å². The number of hydrogen-bond acceptors (Lipinski definition) is 3. The van der Waals surface area contributed by atoms with Crippen LogP contribution in [-0.2, 0) is 10.2 Å². The minimum absolute atomic E-state index is 0.215. The summed E-state index contributed by atoms with van der Waals surface area (Å²) in [6.45, 7) is 2.89. The molecule has 2 aliphatic rings. The standard InChI is InChI=1S/C11H14N2O/c1-2-5-13-9(3-1)11-4-6-12-7-10(11)14-8-11/h1-3,5,10,12H,4,6-8H2/t10-,11-/m1/s1. The van der Waals surface area contributed by atoms with Crippen molar-refractivity contribution in [1.29, 1.82) is 0 Å². The fourth-order valence-corrected chi connectivity index (χ4v) is 2.46. The summed E-state index contributed by atoms with van der Waals surface area (Å²) in [6.07, 6.45) is 3.36. The highest BCUT2D eigenvalue weighted by atomic mass is 16.5. The molecular formula is C11H14N2O. The molecule has 2 atom stereocenters. The average Bonchev–Trinajstić information content (AvgIpc) is 2.22. The zero-order chi connectivity index (χ0) is 9.43. The van der Waals surface area contributed by atoms with Gasteiger partial charge in [-0.3, -0.25) is 4.98 Å². The molecule has 0 radical (unpaired) electrons. The summed E-state index contributed by atoms with van der Waals surface area (Å²) in [5.41, 5.74) is 1.42. The van der Waals surface area contributed by atoms with Crippen molar-refractivity contribution in [3.63, 3.8) is 0 Å². The highest BCUT2D eigenvalue weighted by Crippen LogP contribution is 2.41. The summed E-state index contributed by atoms with van der Waals surface area (Å²) in [5.74, 6) is 0. The van der Waals surface area contributed by atoms with Crippen molar-refractivity contribution in [1.82, 2.24) is 10.3 Å². The summed E-state index contributed by atoms with van der Waals surface area (Å²) >= 11 is 0. The van der Waals surface area contributed by atoms with Gasteiger partial charge in [0, 0.05) is 12.7 Å². The van der Waals surface area contributed by atoms with Crippen LogP contribution in [0, 0.1) is 0 Å². The summed E-state index contributed by atoms with van der Waals surface area (Å²) in [7, 11) is 0. The maximum absolute atomic E-state index is 5.59. The largest absolute Gasteiger partial charge is 0.375 e. The third kappa shape index (κ3) is 1.03. The van der Waals surface area contributed by atoms with Crippen molar-refractivity contribution in [3.8, 4) is 0 Å². The molecule has 2 saturated heterocycles. The van der Waals surface area contributed by atoms with Gasteiger partial charge in [-0.15, -0.1) is 0 Å². The van der Waals surface area contributed by atoms with Gasteiger partial charge in [0.1, 0.15) is 0 Å². The van der Waals surface area contributed by atoms with E-state index in [-0.39, 0.29) is 5.41 Å². The van der Waals surface area contributed by atoms with Crippen molar-refractivity contribution in [2.75, 3.05) is 19.7 Å². The SMILES string of the molecule is c1ccc([C@]23CCNC[C@H]2OC3)nc1. The number of piperidine rings is 1. The molecule has 2 fully saturated rings. The Morgan fingerprint density at radius 2 is 2.50 bits per heavy atom. The molecule has 0 saturated carbocycles. The summed E-state index contributed by atoms with van der Waals surface area (Å²) in [6, 6.07) is 6.16. The topological polar surface area (TPSA) is 34.1 Å². The molecule has 3 heterocycles. The Labute approximate surface area is 83.5 Å². The number of nitrogens with one attached hydrogen (secondary N) is 1. The second kappa shape index (κ2) is 3.04. The highest BCUT2D eigenvalue weighted by molar-refractivity contribution is 5.25. The van der Waals surface area contributed by atoms with Crippen molar-refractivity contribution >= 4 is 0 Å². The van der Waals surface area contributed by atoms with Crippen LogP contribution >= 0.6 is 0 Å². The Morgan fingerprint density at radius 3 is 3.14 bits per heavy atom. The summed E-state index contributed by atoms with van der Waals surface area (Å²) in [4.78, 5) is 4.47. The minimum Gasteiger partial charge on any atom is -0.375 e. The molecule has 1 aromatic rings. The summed E-state index contributed by atoms with van der Waals surface area (Å²) < 4.78 is 5.59. The fraction of sp³-hybridized carbons (Fsp3) is 0.545. The minimum atomic E-state index is 0.215. The second-order valence-corrected chi connectivity index (χ2v) is 4.12. The van der Waals surface area contributed by atoms with Gasteiger partial charge in [-0.25, -0.2) is 0 Å². The number of pyridine rings is 1. The zero-order valence-corrected chi connectivity index (χ0v) is 8.07. The Balaban J connectivity index is 1.96. The smallest absolute Gasteiger partial charge is 0.0834 e.